The summed E-state index contributed by atoms with van der Waals surface area (Å²) in [5, 5.41) is 18.7. The highest BCUT2D eigenvalue weighted by Crippen LogP contribution is 2.20. The summed E-state index contributed by atoms with van der Waals surface area (Å²) >= 11 is 0. The van der Waals surface area contributed by atoms with Crippen molar-refractivity contribution in [2.24, 2.45) is 5.73 Å². The summed E-state index contributed by atoms with van der Waals surface area (Å²) in [4.78, 5) is 0. The molecule has 0 aliphatic carbocycles. The highest BCUT2D eigenvalue weighted by Gasteiger charge is 2.16. The summed E-state index contributed by atoms with van der Waals surface area (Å²) < 4.78 is 5.44. The van der Waals surface area contributed by atoms with Gasteiger partial charge in [0.15, 0.2) is 0 Å². The van der Waals surface area contributed by atoms with Crippen molar-refractivity contribution in [3.05, 3.63) is 29.8 Å². The molecule has 0 aromatic heterocycles. The van der Waals surface area contributed by atoms with Crippen LogP contribution in [-0.2, 0) is 0 Å². The van der Waals surface area contributed by atoms with Crippen molar-refractivity contribution < 1.29 is 14.9 Å². The average molecular weight is 239 g/mol. The van der Waals surface area contributed by atoms with E-state index in [0.717, 1.165) is 17.7 Å². The number of aliphatic hydroxyl groups is 2. The van der Waals surface area contributed by atoms with Crippen LogP contribution in [0.25, 0.3) is 0 Å². The predicted molar refractivity (Wildman–Crippen MR) is 66.9 cm³/mol. The molecule has 17 heavy (non-hydrogen) atoms. The fourth-order valence-corrected chi connectivity index (χ4v) is 1.54. The van der Waals surface area contributed by atoms with Gasteiger partial charge < -0.3 is 20.7 Å². The monoisotopic (exact) mass is 239 g/mol. The molecule has 1 aromatic carbocycles. The van der Waals surface area contributed by atoms with E-state index in [2.05, 4.69) is 0 Å². The standard InChI is InChI=1S/C13H21NO3/c1-2-9-17-11-5-3-10(4-6-11)13(16)12(14)7-8-15/h3-6,12-13,15-16H,2,7-9,14H2,1H3. The van der Waals surface area contributed by atoms with Gasteiger partial charge in [-0.25, -0.2) is 0 Å². The fourth-order valence-electron chi connectivity index (χ4n) is 1.54. The molecular formula is C13H21NO3. The third kappa shape index (κ3) is 4.34. The maximum atomic E-state index is 9.91. The molecule has 2 unspecified atom stereocenters. The van der Waals surface area contributed by atoms with E-state index in [0.29, 0.717) is 13.0 Å². The fraction of sp³-hybridized carbons (Fsp3) is 0.538. The number of ether oxygens (including phenoxy) is 1. The van der Waals surface area contributed by atoms with Crippen LogP contribution in [0, 0.1) is 0 Å². The third-order valence-electron chi connectivity index (χ3n) is 2.56. The minimum absolute atomic E-state index is 0.0179. The summed E-state index contributed by atoms with van der Waals surface area (Å²) in [5.74, 6) is 0.790. The van der Waals surface area contributed by atoms with Crippen molar-refractivity contribution in [1.29, 1.82) is 0 Å². The van der Waals surface area contributed by atoms with Gasteiger partial charge in [0.2, 0.25) is 0 Å². The molecule has 0 bridgehead atoms. The van der Waals surface area contributed by atoms with Crippen molar-refractivity contribution in [3.8, 4) is 5.75 Å². The molecule has 1 aromatic rings. The lowest BCUT2D eigenvalue weighted by Gasteiger charge is -2.18. The van der Waals surface area contributed by atoms with Crippen molar-refractivity contribution in [2.75, 3.05) is 13.2 Å². The first-order valence-corrected chi connectivity index (χ1v) is 5.96. The molecule has 0 saturated carbocycles. The Balaban J connectivity index is 2.60. The maximum absolute atomic E-state index is 9.91. The van der Waals surface area contributed by atoms with Crippen LogP contribution in [0.3, 0.4) is 0 Å². The van der Waals surface area contributed by atoms with E-state index in [-0.39, 0.29) is 6.61 Å². The van der Waals surface area contributed by atoms with E-state index >= 15 is 0 Å². The van der Waals surface area contributed by atoms with Crippen LogP contribution in [0.2, 0.25) is 0 Å². The van der Waals surface area contributed by atoms with E-state index < -0.39 is 12.1 Å². The Morgan fingerprint density at radius 3 is 2.47 bits per heavy atom. The first kappa shape index (κ1) is 14.0. The first-order valence-electron chi connectivity index (χ1n) is 5.96. The summed E-state index contributed by atoms with van der Waals surface area (Å²) in [5.41, 5.74) is 6.48. The van der Waals surface area contributed by atoms with E-state index in [9.17, 15) is 5.11 Å². The van der Waals surface area contributed by atoms with E-state index in [1.165, 1.54) is 0 Å². The average Bonchev–Trinajstić information content (AvgIpc) is 2.36. The second-order valence-corrected chi connectivity index (χ2v) is 4.04. The largest absolute Gasteiger partial charge is 0.494 e. The number of benzene rings is 1. The van der Waals surface area contributed by atoms with Gasteiger partial charge in [0.05, 0.1) is 12.7 Å². The van der Waals surface area contributed by atoms with Crippen LogP contribution < -0.4 is 10.5 Å². The van der Waals surface area contributed by atoms with E-state index in [1.807, 2.05) is 19.1 Å². The second kappa shape index (κ2) is 7.27. The molecule has 0 saturated heterocycles. The molecule has 2 atom stereocenters. The van der Waals surface area contributed by atoms with Gasteiger partial charge >= 0.3 is 0 Å². The number of aliphatic hydroxyl groups excluding tert-OH is 2. The number of hydrogen-bond donors (Lipinski definition) is 3. The molecule has 96 valence electrons. The van der Waals surface area contributed by atoms with E-state index in [4.69, 9.17) is 15.6 Å². The summed E-state index contributed by atoms with van der Waals surface area (Å²) in [6.45, 7) is 2.72. The van der Waals surface area contributed by atoms with E-state index in [1.54, 1.807) is 12.1 Å². The van der Waals surface area contributed by atoms with Gasteiger partial charge in [0.25, 0.3) is 0 Å². The van der Waals surface area contributed by atoms with Crippen molar-refractivity contribution in [2.45, 2.75) is 31.9 Å². The highest BCUT2D eigenvalue weighted by atomic mass is 16.5. The molecule has 4 heteroatoms. The number of nitrogens with two attached hydrogens (primary N) is 1. The number of hydrogen-bond acceptors (Lipinski definition) is 4. The SMILES string of the molecule is CCCOc1ccc(C(O)C(N)CCO)cc1. The van der Waals surface area contributed by atoms with Crippen molar-refractivity contribution in [1.82, 2.24) is 0 Å². The van der Waals surface area contributed by atoms with Gasteiger partial charge in [-0.15, -0.1) is 0 Å². The molecule has 0 aliphatic heterocycles. The first-order chi connectivity index (χ1) is 8.19. The minimum atomic E-state index is -0.748. The molecule has 0 spiro atoms. The zero-order chi connectivity index (χ0) is 12.7. The lowest BCUT2D eigenvalue weighted by atomic mass is 10.0. The highest BCUT2D eigenvalue weighted by molar-refractivity contribution is 5.29. The summed E-state index contributed by atoms with van der Waals surface area (Å²) in [7, 11) is 0. The normalized spacial score (nSPS) is 14.4. The smallest absolute Gasteiger partial charge is 0.119 e. The van der Waals surface area contributed by atoms with Gasteiger partial charge in [-0.1, -0.05) is 19.1 Å². The Morgan fingerprint density at radius 1 is 1.29 bits per heavy atom. The lowest BCUT2D eigenvalue weighted by molar-refractivity contribution is 0.129. The lowest BCUT2D eigenvalue weighted by Crippen LogP contribution is -2.29. The second-order valence-electron chi connectivity index (χ2n) is 4.04. The van der Waals surface area contributed by atoms with Gasteiger partial charge in [0.1, 0.15) is 5.75 Å². The van der Waals surface area contributed by atoms with Crippen LogP contribution in [0.4, 0.5) is 0 Å². The number of rotatable bonds is 7. The zero-order valence-electron chi connectivity index (χ0n) is 10.2. The Labute approximate surface area is 102 Å². The van der Waals surface area contributed by atoms with Gasteiger partial charge in [-0.2, -0.15) is 0 Å². The zero-order valence-corrected chi connectivity index (χ0v) is 10.2. The summed E-state index contributed by atoms with van der Waals surface area (Å²) in [6.07, 6.45) is 0.600. The van der Waals surface area contributed by atoms with Crippen LogP contribution in [0.5, 0.6) is 5.75 Å². The van der Waals surface area contributed by atoms with Crippen molar-refractivity contribution >= 4 is 0 Å². The molecule has 0 heterocycles. The van der Waals surface area contributed by atoms with Crippen molar-refractivity contribution in [3.63, 3.8) is 0 Å². The molecule has 4 N–H and O–H groups in total. The Bertz CT molecular complexity index is 313. The third-order valence-corrected chi connectivity index (χ3v) is 2.56. The van der Waals surface area contributed by atoms with Gasteiger partial charge in [0, 0.05) is 12.6 Å². The molecule has 4 nitrogen and oxygen atoms in total. The summed E-state index contributed by atoms with van der Waals surface area (Å²) in [6, 6.07) is 6.79. The molecule has 0 fully saturated rings. The maximum Gasteiger partial charge on any atom is 0.119 e. The van der Waals surface area contributed by atoms with Gasteiger partial charge in [-0.3, -0.25) is 0 Å². The quantitative estimate of drug-likeness (QED) is 0.668. The van der Waals surface area contributed by atoms with Crippen LogP contribution in [-0.4, -0.2) is 29.5 Å². The van der Waals surface area contributed by atoms with Crippen LogP contribution in [0.1, 0.15) is 31.4 Å². The molecule has 0 aliphatic rings. The predicted octanol–water partition coefficient (Wildman–Crippen LogP) is 1.22. The van der Waals surface area contributed by atoms with Gasteiger partial charge in [-0.05, 0) is 30.5 Å². The Morgan fingerprint density at radius 2 is 1.94 bits per heavy atom. The Kier molecular flexibility index (Phi) is 5.97. The van der Waals surface area contributed by atoms with Crippen LogP contribution >= 0.6 is 0 Å². The molecular weight excluding hydrogens is 218 g/mol. The molecule has 0 amide bonds. The van der Waals surface area contributed by atoms with Crippen LogP contribution in [0.15, 0.2) is 24.3 Å². The molecule has 1 rings (SSSR count). The topological polar surface area (TPSA) is 75.7 Å². The Hall–Kier alpha value is -1.10. The minimum Gasteiger partial charge on any atom is -0.494 e. The molecule has 0 radical (unpaired) electrons.